The van der Waals surface area contributed by atoms with Gasteiger partial charge in [0, 0.05) is 20.1 Å². The number of aliphatic hydroxyl groups is 1. The van der Waals surface area contributed by atoms with Crippen LogP contribution in [0.3, 0.4) is 0 Å². The molecule has 0 amide bonds. The summed E-state index contributed by atoms with van der Waals surface area (Å²) in [6.45, 7) is 6.49. The third-order valence-corrected chi connectivity index (χ3v) is 3.31. The average molecular weight is 292 g/mol. The summed E-state index contributed by atoms with van der Waals surface area (Å²) in [7, 11) is 3.03. The van der Waals surface area contributed by atoms with Crippen LogP contribution < -0.4 is 0 Å². The highest BCUT2D eigenvalue weighted by molar-refractivity contribution is 5.57. The van der Waals surface area contributed by atoms with Gasteiger partial charge in [-0.2, -0.15) is 13.2 Å². The Hall–Kier alpha value is -1.30. The molecule has 0 rings (SSSR count). The molecule has 0 heterocycles. The van der Waals surface area contributed by atoms with Crippen molar-refractivity contribution in [1.82, 2.24) is 4.90 Å². The standard InChI is InChI=1S/C14H23F3N2O/c1-10(9-20)8-13(14(15,16)17)19(5)12(3)11(2)6-7-18-4/h7-8,11-12,20H,1,6,9H2,2-5H3/b13-8-,18-7-/t11?,12-/m1/s1. The largest absolute Gasteiger partial charge is 0.431 e. The molecule has 0 bridgehead atoms. The van der Waals surface area contributed by atoms with E-state index in [1.54, 1.807) is 20.2 Å². The molecule has 20 heavy (non-hydrogen) atoms. The molecule has 0 saturated carbocycles. The van der Waals surface area contributed by atoms with Crippen molar-refractivity contribution < 1.29 is 18.3 Å². The van der Waals surface area contributed by atoms with Crippen LogP contribution in [-0.2, 0) is 0 Å². The number of alkyl halides is 3. The van der Waals surface area contributed by atoms with E-state index in [2.05, 4.69) is 11.6 Å². The molecule has 0 spiro atoms. The maximum atomic E-state index is 13.1. The molecule has 2 atom stereocenters. The quantitative estimate of drug-likeness (QED) is 0.578. The van der Waals surface area contributed by atoms with E-state index in [1.807, 2.05) is 6.92 Å². The van der Waals surface area contributed by atoms with Crippen molar-refractivity contribution in [3.8, 4) is 0 Å². The Morgan fingerprint density at radius 1 is 1.40 bits per heavy atom. The molecular weight excluding hydrogens is 269 g/mol. The molecular formula is C14H23F3N2O. The summed E-state index contributed by atoms with van der Waals surface area (Å²) in [5.74, 6) is 0.0110. The van der Waals surface area contributed by atoms with Crippen molar-refractivity contribution in [2.24, 2.45) is 10.9 Å². The lowest BCUT2D eigenvalue weighted by Crippen LogP contribution is -2.39. The van der Waals surface area contributed by atoms with Crippen LogP contribution >= 0.6 is 0 Å². The lowest BCUT2D eigenvalue weighted by Gasteiger charge is -2.34. The normalized spacial score (nSPS) is 16.3. The molecule has 0 aromatic carbocycles. The van der Waals surface area contributed by atoms with Crippen molar-refractivity contribution in [2.75, 3.05) is 20.7 Å². The first kappa shape index (κ1) is 18.7. The molecule has 0 aliphatic carbocycles. The van der Waals surface area contributed by atoms with Crippen molar-refractivity contribution in [3.05, 3.63) is 23.9 Å². The zero-order chi connectivity index (χ0) is 15.9. The molecule has 1 unspecified atom stereocenters. The highest BCUT2D eigenvalue weighted by atomic mass is 19.4. The summed E-state index contributed by atoms with van der Waals surface area (Å²) in [6, 6.07) is -0.327. The monoisotopic (exact) mass is 292 g/mol. The summed E-state index contributed by atoms with van der Waals surface area (Å²) < 4.78 is 39.3. The van der Waals surface area contributed by atoms with E-state index in [9.17, 15) is 13.2 Å². The number of rotatable bonds is 7. The minimum absolute atomic E-state index is 0.0110. The van der Waals surface area contributed by atoms with Gasteiger partial charge in [0.2, 0.25) is 0 Å². The zero-order valence-electron chi connectivity index (χ0n) is 12.4. The molecule has 0 aliphatic heterocycles. The van der Waals surface area contributed by atoms with Gasteiger partial charge < -0.3 is 15.0 Å². The van der Waals surface area contributed by atoms with Crippen LogP contribution in [0.1, 0.15) is 20.3 Å². The second-order valence-electron chi connectivity index (χ2n) is 4.85. The maximum absolute atomic E-state index is 13.1. The minimum atomic E-state index is -4.49. The third kappa shape index (κ3) is 5.77. The van der Waals surface area contributed by atoms with E-state index in [0.29, 0.717) is 6.42 Å². The first-order chi connectivity index (χ1) is 9.15. The lowest BCUT2D eigenvalue weighted by molar-refractivity contribution is -0.113. The van der Waals surface area contributed by atoms with Crippen molar-refractivity contribution in [2.45, 2.75) is 32.5 Å². The fourth-order valence-corrected chi connectivity index (χ4v) is 1.69. The van der Waals surface area contributed by atoms with Crippen LogP contribution in [0.15, 0.2) is 28.9 Å². The third-order valence-electron chi connectivity index (χ3n) is 3.31. The number of nitrogens with zero attached hydrogens (tertiary/aromatic N) is 2. The van der Waals surface area contributed by atoms with E-state index in [0.717, 1.165) is 6.08 Å². The summed E-state index contributed by atoms with van der Waals surface area (Å²) in [4.78, 5) is 5.02. The van der Waals surface area contributed by atoms with Crippen LogP contribution in [0.25, 0.3) is 0 Å². The zero-order valence-corrected chi connectivity index (χ0v) is 12.4. The minimum Gasteiger partial charge on any atom is -0.392 e. The Morgan fingerprint density at radius 2 is 1.95 bits per heavy atom. The number of hydrogen-bond donors (Lipinski definition) is 1. The van der Waals surface area contributed by atoms with Crippen LogP contribution in [0.4, 0.5) is 13.2 Å². The summed E-state index contributed by atoms with van der Waals surface area (Å²) in [5.41, 5.74) is -0.775. The molecule has 1 N–H and O–H groups in total. The lowest BCUT2D eigenvalue weighted by atomic mass is 9.98. The second kappa shape index (κ2) is 8.09. The first-order valence-corrected chi connectivity index (χ1v) is 6.36. The van der Waals surface area contributed by atoms with E-state index in [-0.39, 0.29) is 17.5 Å². The molecule has 116 valence electrons. The Bertz CT molecular complexity index is 375. The van der Waals surface area contributed by atoms with Gasteiger partial charge in [0.15, 0.2) is 0 Å². The molecule has 0 saturated heterocycles. The number of aliphatic hydroxyl groups excluding tert-OH is 1. The van der Waals surface area contributed by atoms with Gasteiger partial charge in [-0.1, -0.05) is 13.5 Å². The Kier molecular flexibility index (Phi) is 7.57. The van der Waals surface area contributed by atoms with Crippen molar-refractivity contribution in [3.63, 3.8) is 0 Å². The van der Waals surface area contributed by atoms with Crippen LogP contribution in [0, 0.1) is 5.92 Å². The fourth-order valence-electron chi connectivity index (χ4n) is 1.69. The SMILES string of the molecule is C=C(/C=C(\N(C)[C@H](C)C(C)C/C=N\C)C(F)(F)F)CO. The number of allylic oxidation sites excluding steroid dienone is 1. The molecule has 0 fully saturated rings. The smallest absolute Gasteiger partial charge is 0.392 e. The summed E-state index contributed by atoms with van der Waals surface area (Å²) in [6.07, 6.45) is -1.30. The molecule has 0 aromatic heterocycles. The molecule has 0 radical (unpaired) electrons. The van der Waals surface area contributed by atoms with Gasteiger partial charge >= 0.3 is 6.18 Å². The van der Waals surface area contributed by atoms with Crippen molar-refractivity contribution >= 4 is 6.21 Å². The van der Waals surface area contributed by atoms with E-state index in [4.69, 9.17) is 5.11 Å². The average Bonchev–Trinajstić information content (AvgIpc) is 2.38. The predicted octanol–water partition coefficient (Wildman–Crippen LogP) is 3.03. The molecule has 0 aromatic rings. The number of halogens is 3. The van der Waals surface area contributed by atoms with Gasteiger partial charge in [0.1, 0.15) is 5.70 Å². The number of aliphatic imine (C=N–C) groups is 1. The highest BCUT2D eigenvalue weighted by Gasteiger charge is 2.38. The molecule has 3 nitrogen and oxygen atoms in total. The Morgan fingerprint density at radius 3 is 2.35 bits per heavy atom. The molecule has 0 aliphatic rings. The van der Waals surface area contributed by atoms with Crippen LogP contribution in [0.5, 0.6) is 0 Å². The van der Waals surface area contributed by atoms with Gasteiger partial charge in [0.05, 0.1) is 6.61 Å². The summed E-state index contributed by atoms with van der Waals surface area (Å²) in [5, 5.41) is 8.85. The molecule has 6 heteroatoms. The first-order valence-electron chi connectivity index (χ1n) is 6.36. The second-order valence-corrected chi connectivity index (χ2v) is 4.85. The van der Waals surface area contributed by atoms with Gasteiger partial charge in [-0.25, -0.2) is 0 Å². The van der Waals surface area contributed by atoms with Gasteiger partial charge in [-0.15, -0.1) is 0 Å². The van der Waals surface area contributed by atoms with E-state index < -0.39 is 18.5 Å². The van der Waals surface area contributed by atoms with E-state index in [1.165, 1.54) is 11.9 Å². The van der Waals surface area contributed by atoms with Crippen LogP contribution in [0.2, 0.25) is 0 Å². The highest BCUT2D eigenvalue weighted by Crippen LogP contribution is 2.31. The van der Waals surface area contributed by atoms with E-state index >= 15 is 0 Å². The predicted molar refractivity (Wildman–Crippen MR) is 75.8 cm³/mol. The summed E-state index contributed by atoms with van der Waals surface area (Å²) >= 11 is 0. The van der Waals surface area contributed by atoms with Gasteiger partial charge in [-0.05, 0) is 37.1 Å². The maximum Gasteiger partial charge on any atom is 0.431 e. The van der Waals surface area contributed by atoms with Gasteiger partial charge in [-0.3, -0.25) is 0 Å². The Labute approximate surface area is 118 Å². The van der Waals surface area contributed by atoms with Gasteiger partial charge in [0.25, 0.3) is 0 Å². The topological polar surface area (TPSA) is 35.8 Å². The fraction of sp³-hybridized carbons (Fsp3) is 0.643. The van der Waals surface area contributed by atoms with Crippen molar-refractivity contribution in [1.29, 1.82) is 0 Å². The Balaban J connectivity index is 5.19. The number of hydrogen-bond acceptors (Lipinski definition) is 3. The van der Waals surface area contributed by atoms with Crippen LogP contribution in [-0.4, -0.2) is 49.1 Å².